The first-order chi connectivity index (χ1) is 7.01. The molecule has 0 heterocycles. The van der Waals surface area contributed by atoms with Crippen molar-refractivity contribution in [2.75, 3.05) is 6.54 Å². The van der Waals surface area contributed by atoms with Gasteiger partial charge in [0.25, 0.3) is 0 Å². The molecule has 0 rings (SSSR count). The van der Waals surface area contributed by atoms with Crippen LogP contribution in [-0.4, -0.2) is 26.3 Å². The van der Waals surface area contributed by atoms with E-state index in [2.05, 4.69) is 4.72 Å². The molecule has 0 bridgehead atoms. The monoisotopic (exact) mass is 233 g/mol. The van der Waals surface area contributed by atoms with Crippen LogP contribution >= 0.6 is 0 Å². The molecule has 15 heavy (non-hydrogen) atoms. The topological polar surface area (TPSA) is 96.0 Å². The molecule has 3 N–H and O–H groups in total. The van der Waals surface area contributed by atoms with Gasteiger partial charge < -0.3 is 5.73 Å². The second-order valence-corrected chi connectivity index (χ2v) is 5.30. The van der Waals surface area contributed by atoms with Crippen LogP contribution in [0.1, 0.15) is 33.1 Å². The molecule has 0 aliphatic heterocycles. The van der Waals surface area contributed by atoms with Crippen LogP contribution in [0.5, 0.6) is 0 Å². The summed E-state index contributed by atoms with van der Waals surface area (Å²) in [7, 11) is -3.55. The summed E-state index contributed by atoms with van der Waals surface area (Å²) in [5.74, 6) is 0. The molecule has 2 unspecified atom stereocenters. The number of nitrogens with two attached hydrogens (primary N) is 1. The number of nitrogens with one attached hydrogen (secondary N) is 1. The lowest BCUT2D eigenvalue weighted by molar-refractivity contribution is 0.521. The third kappa shape index (κ3) is 4.60. The molecule has 0 aliphatic carbocycles. The molecule has 5 nitrogen and oxygen atoms in total. The van der Waals surface area contributed by atoms with E-state index >= 15 is 0 Å². The Morgan fingerprint density at radius 2 is 2.07 bits per heavy atom. The first kappa shape index (κ1) is 14.4. The fraction of sp³-hybridized carbons (Fsp3) is 0.889. The molecular formula is C9H19N3O2S. The maximum absolute atomic E-state index is 11.6. The molecule has 0 fully saturated rings. The van der Waals surface area contributed by atoms with Gasteiger partial charge in [0.2, 0.25) is 10.0 Å². The Balaban J connectivity index is 4.55. The summed E-state index contributed by atoms with van der Waals surface area (Å²) in [6.45, 7) is 3.89. The largest absolute Gasteiger partial charge is 0.329 e. The maximum atomic E-state index is 11.6. The van der Waals surface area contributed by atoms with Crippen LogP contribution in [0.4, 0.5) is 0 Å². The van der Waals surface area contributed by atoms with E-state index in [0.717, 1.165) is 6.42 Å². The zero-order valence-electron chi connectivity index (χ0n) is 9.23. The molecule has 0 radical (unpaired) electrons. The van der Waals surface area contributed by atoms with Crippen LogP contribution in [-0.2, 0) is 10.0 Å². The van der Waals surface area contributed by atoms with E-state index in [1.165, 1.54) is 0 Å². The normalized spacial score (nSPS) is 15.6. The van der Waals surface area contributed by atoms with Gasteiger partial charge >= 0.3 is 0 Å². The van der Waals surface area contributed by atoms with E-state index in [9.17, 15) is 8.42 Å². The zero-order chi connectivity index (χ0) is 11.9. The van der Waals surface area contributed by atoms with Crippen molar-refractivity contribution in [2.24, 2.45) is 5.73 Å². The van der Waals surface area contributed by atoms with Gasteiger partial charge in [-0.15, -0.1) is 0 Å². The standard InChI is InChI=1S/C9H19N3O2S/c1-3-5-8(6-10)12-15(13,14)9(4-2)7-11/h8-9,12H,3-6,10H2,1-2H3. The highest BCUT2D eigenvalue weighted by atomic mass is 32.2. The van der Waals surface area contributed by atoms with Crippen molar-refractivity contribution in [3.05, 3.63) is 0 Å². The Morgan fingerprint density at radius 3 is 2.40 bits per heavy atom. The first-order valence-corrected chi connectivity index (χ1v) is 6.67. The molecule has 0 aliphatic rings. The Morgan fingerprint density at radius 1 is 1.47 bits per heavy atom. The minimum Gasteiger partial charge on any atom is -0.329 e. The second-order valence-electron chi connectivity index (χ2n) is 3.41. The number of rotatable bonds is 7. The highest BCUT2D eigenvalue weighted by Gasteiger charge is 2.25. The lowest BCUT2D eigenvalue weighted by atomic mass is 10.2. The van der Waals surface area contributed by atoms with Crippen LogP contribution in [0.3, 0.4) is 0 Å². The van der Waals surface area contributed by atoms with Gasteiger partial charge in [-0.25, -0.2) is 13.1 Å². The van der Waals surface area contributed by atoms with Crippen molar-refractivity contribution in [2.45, 2.75) is 44.4 Å². The van der Waals surface area contributed by atoms with Crippen molar-refractivity contribution in [3.8, 4) is 6.07 Å². The van der Waals surface area contributed by atoms with E-state index in [-0.39, 0.29) is 19.0 Å². The number of hydrogen-bond acceptors (Lipinski definition) is 4. The Bertz CT molecular complexity index is 308. The minimum atomic E-state index is -3.55. The van der Waals surface area contributed by atoms with Crippen LogP contribution < -0.4 is 10.5 Å². The van der Waals surface area contributed by atoms with Crippen molar-refractivity contribution in [1.29, 1.82) is 5.26 Å². The average Bonchev–Trinajstić information content (AvgIpc) is 2.18. The van der Waals surface area contributed by atoms with E-state index in [4.69, 9.17) is 11.0 Å². The van der Waals surface area contributed by atoms with E-state index in [1.54, 1.807) is 13.0 Å². The zero-order valence-corrected chi connectivity index (χ0v) is 10.0. The van der Waals surface area contributed by atoms with Gasteiger partial charge in [-0.05, 0) is 12.8 Å². The number of hydrogen-bond donors (Lipinski definition) is 2. The third-order valence-corrected chi connectivity index (χ3v) is 3.99. The Hall–Kier alpha value is -0.640. The average molecular weight is 233 g/mol. The van der Waals surface area contributed by atoms with Crippen LogP contribution in [0.25, 0.3) is 0 Å². The number of nitriles is 1. The summed E-state index contributed by atoms with van der Waals surface area (Å²) in [6, 6.07) is 1.51. The van der Waals surface area contributed by atoms with Gasteiger partial charge in [0.1, 0.15) is 0 Å². The van der Waals surface area contributed by atoms with Gasteiger partial charge in [-0.1, -0.05) is 20.3 Å². The molecule has 0 spiro atoms. The summed E-state index contributed by atoms with van der Waals surface area (Å²) >= 11 is 0. The molecule has 88 valence electrons. The van der Waals surface area contributed by atoms with Crippen LogP contribution in [0.15, 0.2) is 0 Å². The van der Waals surface area contributed by atoms with Gasteiger partial charge in [0, 0.05) is 12.6 Å². The molecule has 0 amide bonds. The van der Waals surface area contributed by atoms with Crippen LogP contribution in [0, 0.1) is 11.3 Å². The summed E-state index contributed by atoms with van der Waals surface area (Å²) in [4.78, 5) is 0. The SMILES string of the molecule is CCCC(CN)NS(=O)(=O)C(C#N)CC. The highest BCUT2D eigenvalue weighted by Crippen LogP contribution is 2.05. The quantitative estimate of drug-likeness (QED) is 0.662. The van der Waals surface area contributed by atoms with Gasteiger partial charge in [-0.3, -0.25) is 0 Å². The Labute approximate surface area is 91.7 Å². The fourth-order valence-corrected chi connectivity index (χ4v) is 2.69. The smallest absolute Gasteiger partial charge is 0.228 e. The highest BCUT2D eigenvalue weighted by molar-refractivity contribution is 7.90. The molecule has 0 aromatic rings. The summed E-state index contributed by atoms with van der Waals surface area (Å²) in [5, 5.41) is 7.69. The molecule has 0 saturated heterocycles. The number of sulfonamides is 1. The van der Waals surface area contributed by atoms with Crippen LogP contribution in [0.2, 0.25) is 0 Å². The maximum Gasteiger partial charge on any atom is 0.228 e. The van der Waals surface area contributed by atoms with Crippen molar-refractivity contribution in [3.63, 3.8) is 0 Å². The van der Waals surface area contributed by atoms with Gasteiger partial charge in [0.15, 0.2) is 5.25 Å². The van der Waals surface area contributed by atoms with E-state index < -0.39 is 15.3 Å². The summed E-state index contributed by atoms with van der Waals surface area (Å²) in [6.07, 6.45) is 1.83. The predicted molar refractivity (Wildman–Crippen MR) is 59.5 cm³/mol. The van der Waals surface area contributed by atoms with Crippen molar-refractivity contribution in [1.82, 2.24) is 4.72 Å². The fourth-order valence-electron chi connectivity index (χ4n) is 1.27. The van der Waals surface area contributed by atoms with Gasteiger partial charge in [-0.2, -0.15) is 5.26 Å². The van der Waals surface area contributed by atoms with E-state index in [0.29, 0.717) is 6.42 Å². The third-order valence-electron chi connectivity index (χ3n) is 2.14. The molecule has 6 heteroatoms. The molecule has 0 saturated carbocycles. The lowest BCUT2D eigenvalue weighted by Gasteiger charge is -2.17. The minimum absolute atomic E-state index is 0.259. The number of nitrogens with zero attached hydrogens (tertiary/aromatic N) is 1. The Kier molecular flexibility index (Phi) is 6.48. The molecular weight excluding hydrogens is 214 g/mol. The van der Waals surface area contributed by atoms with Crippen molar-refractivity contribution >= 4 is 10.0 Å². The predicted octanol–water partition coefficient (Wildman–Crippen LogP) is 0.335. The lowest BCUT2D eigenvalue weighted by Crippen LogP contribution is -2.44. The molecule has 2 atom stereocenters. The second kappa shape index (κ2) is 6.77. The summed E-state index contributed by atoms with van der Waals surface area (Å²) in [5.41, 5.74) is 5.44. The molecule has 0 aromatic heterocycles. The van der Waals surface area contributed by atoms with Crippen molar-refractivity contribution < 1.29 is 8.42 Å². The van der Waals surface area contributed by atoms with E-state index in [1.807, 2.05) is 6.92 Å². The summed E-state index contributed by atoms with van der Waals surface area (Å²) < 4.78 is 25.8. The first-order valence-electron chi connectivity index (χ1n) is 5.12. The van der Waals surface area contributed by atoms with Gasteiger partial charge in [0.05, 0.1) is 6.07 Å². The molecule has 0 aromatic carbocycles.